The van der Waals surface area contributed by atoms with Crippen LogP contribution in [0.2, 0.25) is 10.0 Å². The van der Waals surface area contributed by atoms with Crippen LogP contribution in [0.5, 0.6) is 5.75 Å². The molecule has 130 valence electrons. The fourth-order valence-electron chi connectivity index (χ4n) is 3.41. The number of carbonyl (C=O) groups is 2. The Morgan fingerprint density at radius 3 is 2.33 bits per heavy atom. The molecule has 1 aliphatic heterocycles. The largest absolute Gasteiger partial charge is 0.489 e. The number of imide groups is 1. The van der Waals surface area contributed by atoms with Gasteiger partial charge in [-0.3, -0.25) is 9.69 Å². The van der Waals surface area contributed by atoms with Crippen LogP contribution in [0.25, 0.3) is 0 Å². The summed E-state index contributed by atoms with van der Waals surface area (Å²) in [6.07, 6.45) is 5.58. The minimum atomic E-state index is -0.713. The van der Waals surface area contributed by atoms with Gasteiger partial charge in [-0.15, -0.1) is 0 Å². The molecule has 1 spiro atoms. The molecule has 2 aliphatic rings. The van der Waals surface area contributed by atoms with Crippen molar-refractivity contribution >= 4 is 35.1 Å². The Morgan fingerprint density at radius 1 is 1.08 bits per heavy atom. The second-order valence-corrected chi connectivity index (χ2v) is 7.10. The van der Waals surface area contributed by atoms with Crippen molar-refractivity contribution in [1.82, 2.24) is 10.2 Å². The van der Waals surface area contributed by atoms with Crippen molar-refractivity contribution in [1.29, 1.82) is 0 Å². The molecule has 5 nitrogen and oxygen atoms in total. The molecule has 3 amide bonds. The monoisotopic (exact) mass is 370 g/mol. The molecule has 1 N–H and O–H groups in total. The first-order valence-electron chi connectivity index (χ1n) is 8.24. The van der Waals surface area contributed by atoms with Gasteiger partial charge in [-0.2, -0.15) is 0 Å². The molecule has 1 aromatic rings. The van der Waals surface area contributed by atoms with E-state index in [1.54, 1.807) is 18.2 Å². The van der Waals surface area contributed by atoms with Crippen LogP contribution in [0.4, 0.5) is 4.79 Å². The summed E-state index contributed by atoms with van der Waals surface area (Å²) >= 11 is 12.1. The van der Waals surface area contributed by atoms with Crippen LogP contribution in [-0.2, 0) is 4.79 Å². The number of rotatable bonds is 4. The molecule has 0 radical (unpaired) electrons. The molecule has 1 heterocycles. The number of para-hydroxylation sites is 1. The summed E-state index contributed by atoms with van der Waals surface area (Å²) < 4.78 is 5.59. The minimum Gasteiger partial charge on any atom is -0.489 e. The maximum Gasteiger partial charge on any atom is 0.325 e. The predicted molar refractivity (Wildman–Crippen MR) is 92.6 cm³/mol. The summed E-state index contributed by atoms with van der Waals surface area (Å²) in [6.45, 7) is 0.326. The molecular weight excluding hydrogens is 351 g/mol. The van der Waals surface area contributed by atoms with Gasteiger partial charge in [0.2, 0.25) is 0 Å². The van der Waals surface area contributed by atoms with Gasteiger partial charge in [-0.05, 0) is 25.0 Å². The van der Waals surface area contributed by atoms with Gasteiger partial charge in [0.15, 0.2) is 5.75 Å². The zero-order valence-electron chi connectivity index (χ0n) is 13.3. The Hall–Kier alpha value is -1.46. The molecule has 1 aromatic carbocycles. The highest BCUT2D eigenvalue weighted by molar-refractivity contribution is 6.37. The van der Waals surface area contributed by atoms with E-state index >= 15 is 0 Å². The van der Waals surface area contributed by atoms with E-state index in [2.05, 4.69) is 5.32 Å². The Balaban J connectivity index is 1.63. The molecule has 24 heavy (non-hydrogen) atoms. The first-order valence-corrected chi connectivity index (χ1v) is 9.00. The van der Waals surface area contributed by atoms with Crippen LogP contribution in [0.3, 0.4) is 0 Å². The third kappa shape index (κ3) is 3.33. The molecule has 7 heteroatoms. The molecular formula is C17H20Cl2N2O3. The van der Waals surface area contributed by atoms with Gasteiger partial charge >= 0.3 is 6.03 Å². The van der Waals surface area contributed by atoms with Crippen LogP contribution in [0, 0.1) is 0 Å². The van der Waals surface area contributed by atoms with Crippen molar-refractivity contribution in [3.8, 4) is 5.75 Å². The third-order valence-electron chi connectivity index (χ3n) is 4.68. The van der Waals surface area contributed by atoms with Crippen molar-refractivity contribution in [3.63, 3.8) is 0 Å². The molecule has 1 saturated carbocycles. The summed E-state index contributed by atoms with van der Waals surface area (Å²) in [5, 5.41) is 3.72. The highest BCUT2D eigenvalue weighted by atomic mass is 35.5. The standard InChI is InChI=1S/C17H20Cl2N2O3/c18-12-6-5-7-13(19)14(12)24-11-10-21-15(22)17(20-16(21)23)8-3-1-2-4-9-17/h5-7H,1-4,8-11H2,(H,20,23). The van der Waals surface area contributed by atoms with Crippen LogP contribution in [-0.4, -0.2) is 35.5 Å². The zero-order chi connectivity index (χ0) is 17.2. The van der Waals surface area contributed by atoms with E-state index in [1.807, 2.05) is 0 Å². The Labute approximate surface area is 151 Å². The van der Waals surface area contributed by atoms with Crippen molar-refractivity contribution in [2.24, 2.45) is 0 Å². The van der Waals surface area contributed by atoms with Crippen molar-refractivity contribution in [2.45, 2.75) is 44.1 Å². The second-order valence-electron chi connectivity index (χ2n) is 6.28. The van der Waals surface area contributed by atoms with Crippen molar-refractivity contribution in [2.75, 3.05) is 13.2 Å². The minimum absolute atomic E-state index is 0.136. The maximum atomic E-state index is 12.8. The molecule has 0 aromatic heterocycles. The smallest absolute Gasteiger partial charge is 0.325 e. The van der Waals surface area contributed by atoms with E-state index in [-0.39, 0.29) is 25.1 Å². The number of benzene rings is 1. The number of halogens is 2. The molecule has 1 aliphatic carbocycles. The van der Waals surface area contributed by atoms with Crippen LogP contribution >= 0.6 is 23.2 Å². The van der Waals surface area contributed by atoms with Gasteiger partial charge in [0.25, 0.3) is 5.91 Å². The number of nitrogens with one attached hydrogen (secondary N) is 1. The molecule has 0 unspecified atom stereocenters. The first-order chi connectivity index (χ1) is 11.5. The van der Waals surface area contributed by atoms with Gasteiger partial charge in [-0.1, -0.05) is 55.0 Å². The van der Waals surface area contributed by atoms with Crippen LogP contribution < -0.4 is 10.1 Å². The lowest BCUT2D eigenvalue weighted by atomic mass is 9.90. The number of urea groups is 1. The van der Waals surface area contributed by atoms with E-state index in [1.165, 1.54) is 4.90 Å². The van der Waals surface area contributed by atoms with Crippen LogP contribution in [0.1, 0.15) is 38.5 Å². The number of carbonyl (C=O) groups excluding carboxylic acids is 2. The highest BCUT2D eigenvalue weighted by Crippen LogP contribution is 2.34. The fraction of sp³-hybridized carbons (Fsp3) is 0.529. The number of hydrogen-bond donors (Lipinski definition) is 1. The van der Waals surface area contributed by atoms with Gasteiger partial charge in [0.1, 0.15) is 12.1 Å². The molecule has 0 bridgehead atoms. The van der Waals surface area contributed by atoms with E-state index in [0.29, 0.717) is 28.6 Å². The third-order valence-corrected chi connectivity index (χ3v) is 5.28. The SMILES string of the molecule is O=C1NC2(CCCCCC2)C(=O)N1CCOc1c(Cl)cccc1Cl. The van der Waals surface area contributed by atoms with E-state index < -0.39 is 5.54 Å². The quantitative estimate of drug-likeness (QED) is 0.814. The number of nitrogens with zero attached hydrogens (tertiary/aromatic N) is 1. The lowest BCUT2D eigenvalue weighted by Gasteiger charge is -2.24. The predicted octanol–water partition coefficient (Wildman–Crippen LogP) is 4.02. The molecule has 2 fully saturated rings. The lowest BCUT2D eigenvalue weighted by molar-refractivity contribution is -0.132. The molecule has 1 saturated heterocycles. The maximum absolute atomic E-state index is 12.8. The number of hydrogen-bond acceptors (Lipinski definition) is 3. The van der Waals surface area contributed by atoms with Gasteiger partial charge in [-0.25, -0.2) is 4.79 Å². The first kappa shape index (κ1) is 17.4. The van der Waals surface area contributed by atoms with Crippen molar-refractivity contribution in [3.05, 3.63) is 28.2 Å². The molecule has 0 atom stereocenters. The van der Waals surface area contributed by atoms with Gasteiger partial charge < -0.3 is 10.1 Å². The Bertz CT molecular complexity index is 622. The molecule has 3 rings (SSSR count). The highest BCUT2D eigenvalue weighted by Gasteiger charge is 2.50. The Kier molecular flexibility index (Phi) is 5.21. The van der Waals surface area contributed by atoms with Gasteiger partial charge in [0.05, 0.1) is 16.6 Å². The summed E-state index contributed by atoms with van der Waals surface area (Å²) in [4.78, 5) is 26.2. The second kappa shape index (κ2) is 7.19. The topological polar surface area (TPSA) is 58.6 Å². The van der Waals surface area contributed by atoms with E-state index in [9.17, 15) is 9.59 Å². The zero-order valence-corrected chi connectivity index (χ0v) is 14.8. The number of ether oxygens (including phenoxy) is 1. The normalized spacial score (nSPS) is 20.2. The van der Waals surface area contributed by atoms with Gasteiger partial charge in [0, 0.05) is 0 Å². The van der Waals surface area contributed by atoms with E-state index in [4.69, 9.17) is 27.9 Å². The average Bonchev–Trinajstić information content (AvgIpc) is 2.72. The summed E-state index contributed by atoms with van der Waals surface area (Å²) in [5.74, 6) is 0.236. The van der Waals surface area contributed by atoms with Crippen LogP contribution in [0.15, 0.2) is 18.2 Å². The lowest BCUT2D eigenvalue weighted by Crippen LogP contribution is -2.46. The average molecular weight is 371 g/mol. The number of amides is 3. The summed E-state index contributed by atoms with van der Waals surface area (Å²) in [7, 11) is 0. The Morgan fingerprint density at radius 2 is 1.71 bits per heavy atom. The fourth-order valence-corrected chi connectivity index (χ4v) is 3.92. The summed E-state index contributed by atoms with van der Waals surface area (Å²) in [5.41, 5.74) is -0.713. The van der Waals surface area contributed by atoms with E-state index in [0.717, 1.165) is 25.7 Å². The summed E-state index contributed by atoms with van der Waals surface area (Å²) in [6, 6.07) is 4.74. The van der Waals surface area contributed by atoms with Crippen molar-refractivity contribution < 1.29 is 14.3 Å².